The first-order valence-corrected chi connectivity index (χ1v) is 10.3. The van der Waals surface area contributed by atoms with Gasteiger partial charge in [0.2, 0.25) is 0 Å². The summed E-state index contributed by atoms with van der Waals surface area (Å²) in [6, 6.07) is 13.5. The van der Waals surface area contributed by atoms with Crippen molar-refractivity contribution in [2.45, 2.75) is 58.7 Å². The molecule has 0 amide bonds. The van der Waals surface area contributed by atoms with Gasteiger partial charge in [0.15, 0.2) is 6.29 Å². The van der Waals surface area contributed by atoms with Crippen LogP contribution in [0.15, 0.2) is 42.5 Å². The van der Waals surface area contributed by atoms with E-state index in [1.165, 1.54) is 24.8 Å². The Bertz CT molecular complexity index is 703. The Balaban J connectivity index is 1.61. The van der Waals surface area contributed by atoms with E-state index >= 15 is 0 Å². The van der Waals surface area contributed by atoms with E-state index in [1.807, 2.05) is 24.3 Å². The monoisotopic (exact) mass is 370 g/mol. The van der Waals surface area contributed by atoms with Crippen LogP contribution in [0.4, 0.5) is 4.39 Å². The minimum absolute atomic E-state index is 0.229. The molecule has 1 saturated heterocycles. The van der Waals surface area contributed by atoms with Gasteiger partial charge in [-0.3, -0.25) is 0 Å². The SMILES string of the molecule is CCCCCC1COC(c2ccc(-c3ccc(CCC)cc3)c(F)c2)OC1. The van der Waals surface area contributed by atoms with E-state index in [4.69, 9.17) is 9.47 Å². The Hall–Kier alpha value is -1.71. The summed E-state index contributed by atoms with van der Waals surface area (Å²) in [6.07, 6.45) is 6.56. The molecule has 2 aromatic carbocycles. The van der Waals surface area contributed by atoms with Gasteiger partial charge in [0.25, 0.3) is 0 Å². The van der Waals surface area contributed by atoms with Crippen molar-refractivity contribution in [3.63, 3.8) is 0 Å². The summed E-state index contributed by atoms with van der Waals surface area (Å²) in [5.41, 5.74) is 3.57. The fourth-order valence-corrected chi connectivity index (χ4v) is 3.64. The van der Waals surface area contributed by atoms with Gasteiger partial charge in [-0.15, -0.1) is 0 Å². The zero-order chi connectivity index (χ0) is 19.1. The summed E-state index contributed by atoms with van der Waals surface area (Å²) in [6.45, 7) is 5.75. The molecule has 0 bridgehead atoms. The second-order valence-electron chi connectivity index (χ2n) is 7.55. The molecule has 0 atom stereocenters. The fraction of sp³-hybridized carbons (Fsp3) is 0.500. The first kappa shape index (κ1) is 20.0. The molecular weight excluding hydrogens is 339 g/mol. The highest BCUT2D eigenvalue weighted by molar-refractivity contribution is 5.64. The second-order valence-corrected chi connectivity index (χ2v) is 7.55. The second kappa shape index (κ2) is 10.0. The van der Waals surface area contributed by atoms with E-state index in [-0.39, 0.29) is 5.82 Å². The van der Waals surface area contributed by atoms with Crippen molar-refractivity contribution in [2.24, 2.45) is 5.92 Å². The third kappa shape index (κ3) is 5.40. The van der Waals surface area contributed by atoms with Crippen LogP contribution in [0.1, 0.15) is 63.4 Å². The van der Waals surface area contributed by atoms with E-state index < -0.39 is 6.29 Å². The molecule has 0 unspecified atom stereocenters. The molecule has 0 N–H and O–H groups in total. The van der Waals surface area contributed by atoms with E-state index in [0.29, 0.717) is 24.7 Å². The molecule has 0 spiro atoms. The predicted molar refractivity (Wildman–Crippen MR) is 108 cm³/mol. The van der Waals surface area contributed by atoms with Crippen LogP contribution in [-0.2, 0) is 15.9 Å². The van der Waals surface area contributed by atoms with Crippen LogP contribution in [0.5, 0.6) is 0 Å². The van der Waals surface area contributed by atoms with Crippen molar-refractivity contribution in [3.8, 4) is 11.1 Å². The number of benzene rings is 2. The van der Waals surface area contributed by atoms with E-state index in [1.54, 1.807) is 6.07 Å². The highest BCUT2D eigenvalue weighted by atomic mass is 19.1. The molecular formula is C24H31FO2. The normalized spacial score (nSPS) is 20.0. The molecule has 3 rings (SSSR count). The van der Waals surface area contributed by atoms with Gasteiger partial charge in [0, 0.05) is 17.0 Å². The highest BCUT2D eigenvalue weighted by Crippen LogP contribution is 2.31. The zero-order valence-electron chi connectivity index (χ0n) is 16.5. The zero-order valence-corrected chi connectivity index (χ0v) is 16.5. The molecule has 0 aromatic heterocycles. The number of aryl methyl sites for hydroxylation is 1. The molecule has 0 aliphatic carbocycles. The van der Waals surface area contributed by atoms with Gasteiger partial charge in [0.1, 0.15) is 5.82 Å². The van der Waals surface area contributed by atoms with Crippen LogP contribution in [0.3, 0.4) is 0 Å². The summed E-state index contributed by atoms with van der Waals surface area (Å²) in [5, 5.41) is 0. The minimum atomic E-state index is -0.456. The maximum absolute atomic E-state index is 14.7. The van der Waals surface area contributed by atoms with Crippen molar-refractivity contribution in [1.82, 2.24) is 0 Å². The summed E-state index contributed by atoms with van der Waals surface area (Å²) < 4.78 is 26.4. The van der Waals surface area contributed by atoms with Gasteiger partial charge < -0.3 is 9.47 Å². The Labute approximate surface area is 162 Å². The number of halogens is 1. The molecule has 2 aromatic rings. The molecule has 1 fully saturated rings. The largest absolute Gasteiger partial charge is 0.348 e. The molecule has 2 nitrogen and oxygen atoms in total. The van der Waals surface area contributed by atoms with Gasteiger partial charge >= 0.3 is 0 Å². The number of hydrogen-bond acceptors (Lipinski definition) is 2. The van der Waals surface area contributed by atoms with Crippen molar-refractivity contribution in [3.05, 3.63) is 59.4 Å². The predicted octanol–water partition coefficient (Wildman–Crippen LogP) is 6.69. The van der Waals surface area contributed by atoms with Gasteiger partial charge in [-0.05, 0) is 30.0 Å². The first-order valence-electron chi connectivity index (χ1n) is 10.3. The highest BCUT2D eigenvalue weighted by Gasteiger charge is 2.24. The molecule has 1 aliphatic rings. The summed E-state index contributed by atoms with van der Waals surface area (Å²) >= 11 is 0. The number of hydrogen-bond donors (Lipinski definition) is 0. The Kier molecular flexibility index (Phi) is 7.42. The number of unbranched alkanes of at least 4 members (excludes halogenated alkanes) is 2. The topological polar surface area (TPSA) is 18.5 Å². The van der Waals surface area contributed by atoms with E-state index in [0.717, 1.165) is 30.4 Å². The van der Waals surface area contributed by atoms with E-state index in [2.05, 4.69) is 26.0 Å². The average molecular weight is 371 g/mol. The first-order chi connectivity index (χ1) is 13.2. The Morgan fingerprint density at radius 1 is 0.926 bits per heavy atom. The number of rotatable bonds is 8. The molecule has 3 heteroatoms. The van der Waals surface area contributed by atoms with Crippen molar-refractivity contribution >= 4 is 0 Å². The lowest BCUT2D eigenvalue weighted by Crippen LogP contribution is -2.27. The molecule has 1 heterocycles. The van der Waals surface area contributed by atoms with E-state index in [9.17, 15) is 4.39 Å². The fourth-order valence-electron chi connectivity index (χ4n) is 3.64. The summed E-state index contributed by atoms with van der Waals surface area (Å²) in [4.78, 5) is 0. The Morgan fingerprint density at radius 2 is 1.67 bits per heavy atom. The summed E-state index contributed by atoms with van der Waals surface area (Å²) in [5.74, 6) is 0.228. The quantitative estimate of drug-likeness (QED) is 0.482. The van der Waals surface area contributed by atoms with Crippen molar-refractivity contribution in [2.75, 3.05) is 13.2 Å². The van der Waals surface area contributed by atoms with Crippen LogP contribution in [0.25, 0.3) is 11.1 Å². The van der Waals surface area contributed by atoms with Crippen LogP contribution < -0.4 is 0 Å². The molecule has 0 saturated carbocycles. The van der Waals surface area contributed by atoms with Crippen LogP contribution in [-0.4, -0.2) is 13.2 Å². The van der Waals surface area contributed by atoms with Gasteiger partial charge in [-0.1, -0.05) is 75.9 Å². The third-order valence-electron chi connectivity index (χ3n) is 5.25. The maximum atomic E-state index is 14.7. The van der Waals surface area contributed by atoms with Gasteiger partial charge in [-0.2, -0.15) is 0 Å². The van der Waals surface area contributed by atoms with Crippen LogP contribution >= 0.6 is 0 Å². The minimum Gasteiger partial charge on any atom is -0.348 e. The lowest BCUT2D eigenvalue weighted by Gasteiger charge is -2.29. The average Bonchev–Trinajstić information content (AvgIpc) is 2.70. The van der Waals surface area contributed by atoms with Crippen molar-refractivity contribution in [1.29, 1.82) is 0 Å². The van der Waals surface area contributed by atoms with Crippen molar-refractivity contribution < 1.29 is 13.9 Å². The lowest BCUT2D eigenvalue weighted by atomic mass is 10.00. The molecule has 0 radical (unpaired) electrons. The molecule has 146 valence electrons. The lowest BCUT2D eigenvalue weighted by molar-refractivity contribution is -0.206. The number of ether oxygens (including phenoxy) is 2. The smallest absolute Gasteiger partial charge is 0.183 e. The van der Waals surface area contributed by atoms with Gasteiger partial charge in [-0.25, -0.2) is 4.39 Å². The maximum Gasteiger partial charge on any atom is 0.183 e. The van der Waals surface area contributed by atoms with Crippen LogP contribution in [0.2, 0.25) is 0 Å². The molecule has 27 heavy (non-hydrogen) atoms. The van der Waals surface area contributed by atoms with Crippen LogP contribution in [0, 0.1) is 11.7 Å². The standard InChI is InChI=1S/C24H31FO2/c1-3-5-6-8-19-16-26-24(27-17-19)21-13-14-22(23(25)15-21)20-11-9-18(7-4-2)10-12-20/h9-15,19,24H,3-8,16-17H2,1-2H3. The Morgan fingerprint density at radius 3 is 2.30 bits per heavy atom. The third-order valence-corrected chi connectivity index (χ3v) is 5.25. The molecule has 1 aliphatic heterocycles. The van der Waals surface area contributed by atoms with Gasteiger partial charge in [0.05, 0.1) is 13.2 Å². The summed E-state index contributed by atoms with van der Waals surface area (Å²) in [7, 11) is 0.